The Labute approximate surface area is 192 Å². The van der Waals surface area contributed by atoms with E-state index in [9.17, 15) is 9.59 Å². The highest BCUT2D eigenvalue weighted by Gasteiger charge is 2.31. The maximum atomic E-state index is 13.5. The molecule has 0 aliphatic heterocycles. The van der Waals surface area contributed by atoms with Crippen LogP contribution in [0.3, 0.4) is 0 Å². The Morgan fingerprint density at radius 2 is 1.75 bits per heavy atom. The second-order valence-corrected chi connectivity index (χ2v) is 8.67. The molecule has 0 spiro atoms. The highest BCUT2D eigenvalue weighted by Crippen LogP contribution is 2.21. The average Bonchev–Trinajstić information content (AvgIpc) is 2.83. The first kappa shape index (κ1) is 23.8. The number of methoxy groups -OCH3 is 1. The Morgan fingerprint density at radius 3 is 2.44 bits per heavy atom. The number of carbonyl (C=O) groups is 2. The van der Waals surface area contributed by atoms with E-state index in [2.05, 4.69) is 5.32 Å². The zero-order chi connectivity index (χ0) is 22.8. The summed E-state index contributed by atoms with van der Waals surface area (Å²) in [5.74, 6) is 0.708. The normalized spacial score (nSPS) is 15.1. The Balaban J connectivity index is 1.88. The average molecular weight is 437 g/mol. The number of nitrogens with zero attached hydrogens (tertiary/aromatic N) is 1. The summed E-state index contributed by atoms with van der Waals surface area (Å²) in [7, 11) is 1.63. The monoisotopic (exact) mass is 436 g/mol. The van der Waals surface area contributed by atoms with Crippen LogP contribution < -0.4 is 10.1 Å². The standard InChI is InChI=1S/C27H36N2O3/c1-3-11-26(30)29(20-22-14-10-17-24(18-22)32-2)25(19-21-12-6-4-7-13-21)27(31)28-23-15-8-5-9-16-23/h4,6-7,10,12-14,17-18,23,25H,3,5,8-9,11,15-16,19-20H2,1-2H3,(H,28,31)/t25-/m0/s1. The number of amides is 2. The van der Waals surface area contributed by atoms with Crippen molar-refractivity contribution in [3.05, 3.63) is 65.7 Å². The lowest BCUT2D eigenvalue weighted by Gasteiger charge is -2.33. The lowest BCUT2D eigenvalue weighted by molar-refractivity contribution is -0.141. The lowest BCUT2D eigenvalue weighted by atomic mass is 9.94. The van der Waals surface area contributed by atoms with Gasteiger partial charge in [0.15, 0.2) is 0 Å². The fourth-order valence-electron chi connectivity index (χ4n) is 4.42. The molecule has 1 saturated carbocycles. The van der Waals surface area contributed by atoms with Crippen LogP contribution in [0.2, 0.25) is 0 Å². The number of rotatable bonds is 10. The quantitative estimate of drug-likeness (QED) is 0.577. The molecule has 3 rings (SSSR count). The minimum atomic E-state index is -0.551. The molecule has 1 atom stereocenters. The third kappa shape index (κ3) is 6.84. The largest absolute Gasteiger partial charge is 0.497 e. The van der Waals surface area contributed by atoms with Gasteiger partial charge in [-0.3, -0.25) is 9.59 Å². The Bertz CT molecular complexity index is 862. The predicted octanol–water partition coefficient (Wildman–Crippen LogP) is 4.88. The van der Waals surface area contributed by atoms with E-state index in [1.807, 2.05) is 61.5 Å². The highest BCUT2D eigenvalue weighted by molar-refractivity contribution is 5.88. The maximum absolute atomic E-state index is 13.5. The van der Waals surface area contributed by atoms with Crippen LogP contribution >= 0.6 is 0 Å². The summed E-state index contributed by atoms with van der Waals surface area (Å²) in [5.41, 5.74) is 2.01. The van der Waals surface area contributed by atoms with E-state index < -0.39 is 6.04 Å². The molecule has 1 N–H and O–H groups in total. The number of nitrogens with one attached hydrogen (secondary N) is 1. The lowest BCUT2D eigenvalue weighted by Crippen LogP contribution is -2.52. The van der Waals surface area contributed by atoms with Gasteiger partial charge in [-0.05, 0) is 42.5 Å². The van der Waals surface area contributed by atoms with E-state index in [4.69, 9.17) is 4.74 Å². The summed E-state index contributed by atoms with van der Waals surface area (Å²) in [5, 5.41) is 3.27. The van der Waals surface area contributed by atoms with E-state index >= 15 is 0 Å². The van der Waals surface area contributed by atoms with Gasteiger partial charge in [-0.15, -0.1) is 0 Å². The summed E-state index contributed by atoms with van der Waals surface area (Å²) in [6.07, 6.45) is 7.23. The van der Waals surface area contributed by atoms with Crippen molar-refractivity contribution in [1.29, 1.82) is 0 Å². The van der Waals surface area contributed by atoms with Crippen molar-refractivity contribution >= 4 is 11.8 Å². The van der Waals surface area contributed by atoms with E-state index in [0.717, 1.165) is 49.0 Å². The summed E-state index contributed by atoms with van der Waals surface area (Å²) >= 11 is 0. The molecule has 2 aromatic carbocycles. The van der Waals surface area contributed by atoms with Crippen molar-refractivity contribution in [3.8, 4) is 5.75 Å². The van der Waals surface area contributed by atoms with Crippen LogP contribution in [-0.2, 0) is 22.6 Å². The van der Waals surface area contributed by atoms with E-state index in [0.29, 0.717) is 19.4 Å². The van der Waals surface area contributed by atoms with Gasteiger partial charge in [0.05, 0.1) is 7.11 Å². The van der Waals surface area contributed by atoms with Gasteiger partial charge in [0.25, 0.3) is 0 Å². The van der Waals surface area contributed by atoms with Crippen LogP contribution in [0, 0.1) is 0 Å². The number of hydrogen-bond acceptors (Lipinski definition) is 3. The van der Waals surface area contributed by atoms with Crippen molar-refractivity contribution in [1.82, 2.24) is 10.2 Å². The molecule has 2 aromatic rings. The van der Waals surface area contributed by atoms with Crippen LogP contribution in [0.25, 0.3) is 0 Å². The Hall–Kier alpha value is -2.82. The van der Waals surface area contributed by atoms with Crippen LogP contribution in [0.4, 0.5) is 0 Å². The van der Waals surface area contributed by atoms with Gasteiger partial charge in [0.2, 0.25) is 11.8 Å². The predicted molar refractivity (Wildman–Crippen MR) is 127 cm³/mol. The Kier molecular flexibility index (Phi) is 9.14. The van der Waals surface area contributed by atoms with Crippen LogP contribution in [-0.4, -0.2) is 35.9 Å². The summed E-state index contributed by atoms with van der Waals surface area (Å²) in [4.78, 5) is 28.6. The number of hydrogen-bond donors (Lipinski definition) is 1. The molecule has 0 heterocycles. The minimum Gasteiger partial charge on any atom is -0.497 e. The molecule has 0 bridgehead atoms. The molecule has 1 aliphatic carbocycles. The third-order valence-electron chi connectivity index (χ3n) is 6.17. The molecule has 2 amide bonds. The number of carbonyl (C=O) groups excluding carboxylic acids is 2. The first-order valence-corrected chi connectivity index (χ1v) is 11.9. The van der Waals surface area contributed by atoms with E-state index in [1.54, 1.807) is 12.0 Å². The summed E-state index contributed by atoms with van der Waals surface area (Å²) < 4.78 is 5.37. The zero-order valence-electron chi connectivity index (χ0n) is 19.4. The van der Waals surface area contributed by atoms with Gasteiger partial charge >= 0.3 is 0 Å². The fourth-order valence-corrected chi connectivity index (χ4v) is 4.42. The van der Waals surface area contributed by atoms with Gasteiger partial charge in [-0.25, -0.2) is 0 Å². The van der Waals surface area contributed by atoms with Crippen molar-refractivity contribution in [2.45, 2.75) is 76.9 Å². The molecule has 1 aliphatic rings. The number of ether oxygens (including phenoxy) is 1. The molecule has 0 aromatic heterocycles. The van der Waals surface area contributed by atoms with Gasteiger partial charge in [-0.2, -0.15) is 0 Å². The molecule has 1 fully saturated rings. The zero-order valence-corrected chi connectivity index (χ0v) is 19.4. The van der Waals surface area contributed by atoms with Gasteiger partial charge in [0.1, 0.15) is 11.8 Å². The highest BCUT2D eigenvalue weighted by atomic mass is 16.5. The molecule has 5 nitrogen and oxygen atoms in total. The summed E-state index contributed by atoms with van der Waals surface area (Å²) in [6, 6.07) is 17.3. The second-order valence-electron chi connectivity index (χ2n) is 8.67. The van der Waals surface area contributed by atoms with Crippen LogP contribution in [0.15, 0.2) is 54.6 Å². The third-order valence-corrected chi connectivity index (χ3v) is 6.17. The molecule has 32 heavy (non-hydrogen) atoms. The topological polar surface area (TPSA) is 58.6 Å². The summed E-state index contributed by atoms with van der Waals surface area (Å²) in [6.45, 7) is 2.38. The van der Waals surface area contributed by atoms with E-state index in [-0.39, 0.29) is 17.9 Å². The van der Waals surface area contributed by atoms with Gasteiger partial charge in [-0.1, -0.05) is 68.7 Å². The van der Waals surface area contributed by atoms with Crippen LogP contribution in [0.5, 0.6) is 5.75 Å². The minimum absolute atomic E-state index is 0.00930. The molecule has 172 valence electrons. The smallest absolute Gasteiger partial charge is 0.243 e. The molecule has 0 saturated heterocycles. The van der Waals surface area contributed by atoms with Crippen molar-refractivity contribution < 1.29 is 14.3 Å². The fraction of sp³-hybridized carbons (Fsp3) is 0.481. The molecular weight excluding hydrogens is 400 g/mol. The molecule has 5 heteroatoms. The van der Waals surface area contributed by atoms with Crippen LogP contribution in [0.1, 0.15) is 63.0 Å². The molecular formula is C27H36N2O3. The van der Waals surface area contributed by atoms with Gasteiger partial charge in [0, 0.05) is 25.4 Å². The molecule has 0 radical (unpaired) electrons. The van der Waals surface area contributed by atoms with Crippen molar-refractivity contribution in [2.24, 2.45) is 0 Å². The maximum Gasteiger partial charge on any atom is 0.243 e. The first-order valence-electron chi connectivity index (χ1n) is 11.9. The second kappa shape index (κ2) is 12.3. The Morgan fingerprint density at radius 1 is 1.03 bits per heavy atom. The number of benzene rings is 2. The van der Waals surface area contributed by atoms with E-state index in [1.165, 1.54) is 6.42 Å². The van der Waals surface area contributed by atoms with Gasteiger partial charge < -0.3 is 15.0 Å². The SMILES string of the molecule is CCCC(=O)N(Cc1cccc(OC)c1)[C@@H](Cc1ccccc1)C(=O)NC1CCCCC1. The van der Waals surface area contributed by atoms with Crippen molar-refractivity contribution in [2.75, 3.05) is 7.11 Å². The first-order chi connectivity index (χ1) is 15.6. The van der Waals surface area contributed by atoms with Crippen molar-refractivity contribution in [3.63, 3.8) is 0 Å². The molecule has 0 unspecified atom stereocenters.